The third-order valence-corrected chi connectivity index (χ3v) is 4.10. The van der Waals surface area contributed by atoms with Crippen LogP contribution in [0.1, 0.15) is 38.8 Å². The lowest BCUT2D eigenvalue weighted by atomic mass is 9.82. The molecule has 0 unspecified atom stereocenters. The summed E-state index contributed by atoms with van der Waals surface area (Å²) in [5.74, 6) is -1.88. The molecule has 0 fully saturated rings. The molecule has 3 rings (SSSR count). The predicted octanol–water partition coefficient (Wildman–Crippen LogP) is 2.25. The number of hydrogen-bond donors (Lipinski definition) is 2. The van der Waals surface area contributed by atoms with Crippen molar-refractivity contribution in [3.05, 3.63) is 64.7 Å². The number of aromatic hydroxyl groups is 1. The average Bonchev–Trinajstić information content (AvgIpc) is 2.65. The van der Waals surface area contributed by atoms with Crippen LogP contribution in [-0.4, -0.2) is 35.9 Å². The summed E-state index contributed by atoms with van der Waals surface area (Å²) in [6.45, 7) is 4.85. The van der Waals surface area contributed by atoms with Crippen LogP contribution < -0.4 is 10.5 Å². The molecule has 0 radical (unpaired) electrons. The van der Waals surface area contributed by atoms with Crippen molar-refractivity contribution >= 4 is 23.2 Å². The molecule has 1 aliphatic rings. The van der Waals surface area contributed by atoms with Gasteiger partial charge in [0.2, 0.25) is 0 Å². The molecule has 1 aliphatic carbocycles. The van der Waals surface area contributed by atoms with Gasteiger partial charge in [0.25, 0.3) is 0 Å². The zero-order valence-electron chi connectivity index (χ0n) is 14.6. The summed E-state index contributed by atoms with van der Waals surface area (Å²) < 4.78 is 10.3. The summed E-state index contributed by atoms with van der Waals surface area (Å²) in [6.07, 6.45) is 0. The van der Waals surface area contributed by atoms with Gasteiger partial charge in [0.05, 0.1) is 16.8 Å². The van der Waals surface area contributed by atoms with Crippen LogP contribution in [0, 0.1) is 0 Å². The SMILES string of the molecule is C=C(C)C(=O)OCCOc1cc(O)c2c(c1N)C(=O)c1ccccc1C2=O. The number of nitrogens with two attached hydrogens (primary N) is 1. The zero-order valence-corrected chi connectivity index (χ0v) is 14.6. The first-order chi connectivity index (χ1) is 12.8. The van der Waals surface area contributed by atoms with Gasteiger partial charge in [0, 0.05) is 22.8 Å². The lowest BCUT2D eigenvalue weighted by Crippen LogP contribution is -2.23. The molecule has 2 aromatic rings. The van der Waals surface area contributed by atoms with Crippen LogP contribution >= 0.6 is 0 Å². The maximum atomic E-state index is 12.8. The molecular formula is C20H17NO6. The Kier molecular flexibility index (Phi) is 4.68. The number of hydrogen-bond acceptors (Lipinski definition) is 7. The molecule has 0 saturated heterocycles. The fourth-order valence-corrected chi connectivity index (χ4v) is 2.80. The quantitative estimate of drug-likeness (QED) is 0.234. The van der Waals surface area contributed by atoms with Crippen molar-refractivity contribution in [3.63, 3.8) is 0 Å². The highest BCUT2D eigenvalue weighted by atomic mass is 16.6. The second-order valence-corrected chi connectivity index (χ2v) is 6.03. The largest absolute Gasteiger partial charge is 0.507 e. The zero-order chi connectivity index (χ0) is 19.7. The summed E-state index contributed by atoms with van der Waals surface area (Å²) in [6, 6.07) is 7.50. The number of anilines is 1. The summed E-state index contributed by atoms with van der Waals surface area (Å²) in [5, 5.41) is 10.3. The molecule has 3 N–H and O–H groups in total. The molecule has 0 saturated carbocycles. The minimum absolute atomic E-state index is 0.0261. The summed E-state index contributed by atoms with van der Waals surface area (Å²) in [5.41, 5.74) is 6.44. The van der Waals surface area contributed by atoms with E-state index in [0.717, 1.165) is 0 Å². The second-order valence-electron chi connectivity index (χ2n) is 6.03. The number of fused-ring (bicyclic) bond motifs is 2. The molecule has 0 aromatic heterocycles. The molecular weight excluding hydrogens is 350 g/mol. The summed E-state index contributed by atoms with van der Waals surface area (Å²) in [7, 11) is 0. The first-order valence-corrected chi connectivity index (χ1v) is 8.12. The summed E-state index contributed by atoms with van der Waals surface area (Å²) in [4.78, 5) is 36.8. The standard InChI is InChI=1S/C20H17NO6/c1-10(2)20(25)27-8-7-26-14-9-13(22)15-16(17(14)21)19(24)12-6-4-3-5-11(12)18(15)23/h3-6,9,22H,1,7-8,21H2,2H3. The number of benzene rings is 2. The van der Waals surface area contributed by atoms with E-state index in [4.69, 9.17) is 15.2 Å². The number of ketones is 2. The first kappa shape index (κ1) is 18.2. The van der Waals surface area contributed by atoms with Crippen LogP contribution in [0.25, 0.3) is 0 Å². The van der Waals surface area contributed by atoms with Gasteiger partial charge in [-0.05, 0) is 6.92 Å². The monoisotopic (exact) mass is 367 g/mol. The van der Waals surface area contributed by atoms with Crippen LogP contribution in [0.4, 0.5) is 5.69 Å². The second kappa shape index (κ2) is 6.95. The van der Waals surface area contributed by atoms with Crippen LogP contribution in [-0.2, 0) is 9.53 Å². The van der Waals surface area contributed by atoms with E-state index in [-0.39, 0.29) is 52.5 Å². The Labute approximate surface area is 155 Å². The Balaban J connectivity index is 1.89. The molecule has 27 heavy (non-hydrogen) atoms. The van der Waals surface area contributed by atoms with E-state index in [2.05, 4.69) is 6.58 Å². The van der Waals surface area contributed by atoms with E-state index in [0.29, 0.717) is 0 Å². The van der Waals surface area contributed by atoms with Gasteiger partial charge < -0.3 is 20.3 Å². The Morgan fingerprint density at radius 3 is 2.30 bits per heavy atom. The van der Waals surface area contributed by atoms with Crippen molar-refractivity contribution in [1.82, 2.24) is 0 Å². The van der Waals surface area contributed by atoms with Crippen LogP contribution in [0.5, 0.6) is 11.5 Å². The van der Waals surface area contributed by atoms with Gasteiger partial charge in [-0.3, -0.25) is 9.59 Å². The Morgan fingerprint density at radius 1 is 1.11 bits per heavy atom. The maximum Gasteiger partial charge on any atom is 0.333 e. The van der Waals surface area contributed by atoms with E-state index >= 15 is 0 Å². The third kappa shape index (κ3) is 3.15. The van der Waals surface area contributed by atoms with E-state index in [1.807, 2.05) is 0 Å². The molecule has 0 bridgehead atoms. The maximum absolute atomic E-state index is 12.8. The molecule has 0 aliphatic heterocycles. The van der Waals surface area contributed by atoms with Crippen molar-refractivity contribution in [2.45, 2.75) is 6.92 Å². The smallest absolute Gasteiger partial charge is 0.333 e. The van der Waals surface area contributed by atoms with Crippen LogP contribution in [0.3, 0.4) is 0 Å². The highest BCUT2D eigenvalue weighted by Gasteiger charge is 2.35. The van der Waals surface area contributed by atoms with Crippen molar-refractivity contribution < 1.29 is 29.0 Å². The third-order valence-electron chi connectivity index (χ3n) is 4.10. The molecule has 7 heteroatoms. The normalized spacial score (nSPS) is 12.2. The van der Waals surface area contributed by atoms with Crippen molar-refractivity contribution in [2.24, 2.45) is 0 Å². The Bertz CT molecular complexity index is 992. The van der Waals surface area contributed by atoms with Gasteiger partial charge in [-0.1, -0.05) is 30.8 Å². The highest BCUT2D eigenvalue weighted by molar-refractivity contribution is 6.31. The van der Waals surface area contributed by atoms with E-state index in [1.54, 1.807) is 12.1 Å². The van der Waals surface area contributed by atoms with Gasteiger partial charge in [0.15, 0.2) is 11.6 Å². The van der Waals surface area contributed by atoms with Crippen LogP contribution in [0.2, 0.25) is 0 Å². The van der Waals surface area contributed by atoms with Gasteiger partial charge in [0.1, 0.15) is 24.7 Å². The van der Waals surface area contributed by atoms with Crippen molar-refractivity contribution in [3.8, 4) is 11.5 Å². The van der Waals surface area contributed by atoms with Crippen LogP contribution in [0.15, 0.2) is 42.5 Å². The number of carbonyl (C=O) groups excluding carboxylic acids is 3. The number of carbonyl (C=O) groups is 3. The minimum Gasteiger partial charge on any atom is -0.507 e. The van der Waals surface area contributed by atoms with Gasteiger partial charge in [-0.2, -0.15) is 0 Å². The molecule has 0 atom stereocenters. The van der Waals surface area contributed by atoms with Gasteiger partial charge in [-0.25, -0.2) is 4.79 Å². The molecule has 0 heterocycles. The lowest BCUT2D eigenvalue weighted by molar-refractivity contribution is -0.139. The number of nitrogen functional groups attached to an aromatic ring is 1. The number of phenolic OH excluding ortho intramolecular Hbond substituents is 1. The fourth-order valence-electron chi connectivity index (χ4n) is 2.80. The number of esters is 1. The average molecular weight is 367 g/mol. The topological polar surface area (TPSA) is 116 Å². The molecule has 0 amide bonds. The fraction of sp³-hybridized carbons (Fsp3) is 0.150. The molecule has 7 nitrogen and oxygen atoms in total. The number of rotatable bonds is 5. The van der Waals surface area contributed by atoms with Crippen molar-refractivity contribution in [2.75, 3.05) is 18.9 Å². The molecule has 138 valence electrons. The van der Waals surface area contributed by atoms with Crippen molar-refractivity contribution in [1.29, 1.82) is 0 Å². The number of phenols is 1. The summed E-state index contributed by atoms with van der Waals surface area (Å²) >= 11 is 0. The van der Waals surface area contributed by atoms with Gasteiger partial charge in [-0.15, -0.1) is 0 Å². The predicted molar refractivity (Wildman–Crippen MR) is 97.1 cm³/mol. The lowest BCUT2D eigenvalue weighted by Gasteiger charge is -2.21. The van der Waals surface area contributed by atoms with Gasteiger partial charge >= 0.3 is 5.97 Å². The number of ether oxygens (including phenoxy) is 2. The van der Waals surface area contributed by atoms with E-state index < -0.39 is 23.3 Å². The Morgan fingerprint density at radius 2 is 1.70 bits per heavy atom. The molecule has 0 spiro atoms. The molecule has 2 aromatic carbocycles. The first-order valence-electron chi connectivity index (χ1n) is 8.12. The van der Waals surface area contributed by atoms with E-state index in [1.165, 1.54) is 25.1 Å². The minimum atomic E-state index is -0.558. The Hall–Kier alpha value is -3.61. The van der Waals surface area contributed by atoms with E-state index in [9.17, 15) is 19.5 Å². The highest BCUT2D eigenvalue weighted by Crippen LogP contribution is 2.41.